The van der Waals surface area contributed by atoms with Gasteiger partial charge in [0, 0.05) is 37.7 Å². The molecule has 2 fully saturated rings. The van der Waals surface area contributed by atoms with Crippen LogP contribution in [0.2, 0.25) is 10.0 Å². The van der Waals surface area contributed by atoms with Gasteiger partial charge in [-0.15, -0.1) is 0 Å². The van der Waals surface area contributed by atoms with E-state index in [1.54, 1.807) is 23.1 Å². The van der Waals surface area contributed by atoms with Gasteiger partial charge in [-0.2, -0.15) is 0 Å². The molecule has 0 bridgehead atoms. The Morgan fingerprint density at radius 2 is 1.79 bits per heavy atom. The topological polar surface area (TPSA) is 52.7 Å². The molecule has 1 unspecified atom stereocenters. The Morgan fingerprint density at radius 3 is 2.42 bits per heavy atom. The zero-order valence-corrected chi connectivity index (χ0v) is 14.9. The molecule has 2 saturated heterocycles. The standard InChI is InChI=1S/C17H21Cl2N3O2/c18-13-3-4-14(15(19)10-13)17(24)22-8-6-21(7-9-22)16(23)12-2-1-5-20-11-12/h3-4,10,12,20H,1-2,5-9,11H2. The van der Waals surface area contributed by atoms with Crippen molar-refractivity contribution in [2.24, 2.45) is 5.92 Å². The van der Waals surface area contributed by atoms with Crippen molar-refractivity contribution in [3.8, 4) is 0 Å². The van der Waals surface area contributed by atoms with Crippen LogP contribution in [0.15, 0.2) is 18.2 Å². The smallest absolute Gasteiger partial charge is 0.255 e. The van der Waals surface area contributed by atoms with Crippen molar-refractivity contribution >= 4 is 35.0 Å². The molecule has 0 aliphatic carbocycles. The predicted molar refractivity (Wildman–Crippen MR) is 94.5 cm³/mol. The number of piperidine rings is 1. The van der Waals surface area contributed by atoms with Crippen LogP contribution in [0.25, 0.3) is 0 Å². The summed E-state index contributed by atoms with van der Waals surface area (Å²) in [6.07, 6.45) is 2.00. The Morgan fingerprint density at radius 1 is 1.08 bits per heavy atom. The fourth-order valence-electron chi connectivity index (χ4n) is 3.28. The zero-order chi connectivity index (χ0) is 17.1. The molecule has 2 heterocycles. The summed E-state index contributed by atoms with van der Waals surface area (Å²) in [7, 11) is 0. The minimum atomic E-state index is -0.108. The summed E-state index contributed by atoms with van der Waals surface area (Å²) in [5, 5.41) is 4.14. The molecule has 0 radical (unpaired) electrons. The average molecular weight is 370 g/mol. The van der Waals surface area contributed by atoms with Crippen molar-refractivity contribution in [1.82, 2.24) is 15.1 Å². The van der Waals surface area contributed by atoms with E-state index in [1.807, 2.05) is 4.90 Å². The Labute approximate surface area is 151 Å². The van der Waals surface area contributed by atoms with Crippen LogP contribution in [0.3, 0.4) is 0 Å². The minimum absolute atomic E-state index is 0.0757. The van der Waals surface area contributed by atoms with Gasteiger partial charge in [0.1, 0.15) is 0 Å². The molecule has 1 aromatic carbocycles. The minimum Gasteiger partial charge on any atom is -0.339 e. The molecule has 130 valence electrons. The van der Waals surface area contributed by atoms with Crippen molar-refractivity contribution in [2.75, 3.05) is 39.3 Å². The Hall–Kier alpha value is -1.30. The number of amides is 2. The van der Waals surface area contributed by atoms with Gasteiger partial charge in [-0.25, -0.2) is 0 Å². The number of hydrogen-bond donors (Lipinski definition) is 1. The Kier molecular flexibility index (Phi) is 5.64. The first-order chi connectivity index (χ1) is 11.6. The summed E-state index contributed by atoms with van der Waals surface area (Å²) >= 11 is 12.0. The summed E-state index contributed by atoms with van der Waals surface area (Å²) in [4.78, 5) is 28.8. The van der Waals surface area contributed by atoms with E-state index in [4.69, 9.17) is 23.2 Å². The molecule has 24 heavy (non-hydrogen) atoms. The quantitative estimate of drug-likeness (QED) is 0.869. The molecule has 0 saturated carbocycles. The van der Waals surface area contributed by atoms with E-state index >= 15 is 0 Å². The number of benzene rings is 1. The number of nitrogens with one attached hydrogen (secondary N) is 1. The van der Waals surface area contributed by atoms with Crippen molar-refractivity contribution in [2.45, 2.75) is 12.8 Å². The van der Waals surface area contributed by atoms with E-state index in [-0.39, 0.29) is 17.7 Å². The first-order valence-corrected chi connectivity index (χ1v) is 9.05. The summed E-state index contributed by atoms with van der Waals surface area (Å²) < 4.78 is 0. The third-order valence-corrected chi connectivity index (χ3v) is 5.23. The molecular formula is C17H21Cl2N3O2. The number of rotatable bonds is 2. The highest BCUT2D eigenvalue weighted by molar-refractivity contribution is 6.36. The highest BCUT2D eigenvalue weighted by Gasteiger charge is 2.30. The van der Waals surface area contributed by atoms with Crippen LogP contribution in [0, 0.1) is 5.92 Å². The maximum absolute atomic E-state index is 12.6. The van der Waals surface area contributed by atoms with E-state index in [0.29, 0.717) is 41.8 Å². The van der Waals surface area contributed by atoms with Crippen LogP contribution in [0.4, 0.5) is 0 Å². The van der Waals surface area contributed by atoms with Crippen LogP contribution in [-0.4, -0.2) is 60.9 Å². The van der Waals surface area contributed by atoms with Gasteiger partial charge in [0.05, 0.1) is 16.5 Å². The second kappa shape index (κ2) is 7.72. The normalized spacial score (nSPS) is 21.7. The van der Waals surface area contributed by atoms with Gasteiger partial charge in [-0.1, -0.05) is 23.2 Å². The Balaban J connectivity index is 1.58. The van der Waals surface area contributed by atoms with Gasteiger partial charge < -0.3 is 15.1 Å². The van der Waals surface area contributed by atoms with Crippen LogP contribution in [0.1, 0.15) is 23.2 Å². The van der Waals surface area contributed by atoms with E-state index in [2.05, 4.69) is 5.32 Å². The van der Waals surface area contributed by atoms with Crippen molar-refractivity contribution in [1.29, 1.82) is 0 Å². The monoisotopic (exact) mass is 369 g/mol. The lowest BCUT2D eigenvalue weighted by molar-refractivity contribution is -0.137. The summed E-state index contributed by atoms with van der Waals surface area (Å²) in [5.74, 6) is 0.175. The van der Waals surface area contributed by atoms with Crippen molar-refractivity contribution in [3.05, 3.63) is 33.8 Å². The average Bonchev–Trinajstić information content (AvgIpc) is 2.61. The van der Waals surface area contributed by atoms with E-state index in [1.165, 1.54) is 0 Å². The highest BCUT2D eigenvalue weighted by Crippen LogP contribution is 2.23. The number of carbonyl (C=O) groups is 2. The third kappa shape index (κ3) is 3.85. The van der Waals surface area contributed by atoms with E-state index in [9.17, 15) is 9.59 Å². The lowest BCUT2D eigenvalue weighted by Crippen LogP contribution is -2.53. The van der Waals surface area contributed by atoms with Crippen molar-refractivity contribution < 1.29 is 9.59 Å². The molecule has 7 heteroatoms. The summed E-state index contributed by atoms with van der Waals surface area (Å²) in [6.45, 7) is 3.97. The zero-order valence-electron chi connectivity index (χ0n) is 13.4. The summed E-state index contributed by atoms with van der Waals surface area (Å²) in [6, 6.07) is 4.89. The van der Waals surface area contributed by atoms with Crippen LogP contribution < -0.4 is 5.32 Å². The maximum Gasteiger partial charge on any atom is 0.255 e. The number of nitrogens with zero attached hydrogens (tertiary/aromatic N) is 2. The van der Waals surface area contributed by atoms with Crippen LogP contribution in [-0.2, 0) is 4.79 Å². The molecule has 5 nitrogen and oxygen atoms in total. The van der Waals surface area contributed by atoms with Crippen LogP contribution in [0.5, 0.6) is 0 Å². The molecular weight excluding hydrogens is 349 g/mol. The lowest BCUT2D eigenvalue weighted by Gasteiger charge is -2.37. The van der Waals surface area contributed by atoms with E-state index < -0.39 is 0 Å². The predicted octanol–water partition coefficient (Wildman–Crippen LogP) is 2.28. The van der Waals surface area contributed by atoms with Gasteiger partial charge in [0.2, 0.25) is 5.91 Å². The lowest BCUT2D eigenvalue weighted by atomic mass is 9.98. The SMILES string of the molecule is O=C(c1ccc(Cl)cc1Cl)N1CCN(C(=O)C2CCCNC2)CC1. The van der Waals surface area contributed by atoms with Gasteiger partial charge in [0.25, 0.3) is 5.91 Å². The number of halogens is 2. The molecule has 3 rings (SSSR count). The summed E-state index contributed by atoms with van der Waals surface area (Å²) in [5.41, 5.74) is 0.456. The molecule has 0 aromatic heterocycles. The first kappa shape index (κ1) is 17.5. The van der Waals surface area contributed by atoms with Gasteiger partial charge in [0.15, 0.2) is 0 Å². The highest BCUT2D eigenvalue weighted by atomic mass is 35.5. The molecule has 2 aliphatic heterocycles. The van der Waals surface area contributed by atoms with Gasteiger partial charge >= 0.3 is 0 Å². The van der Waals surface area contributed by atoms with Crippen molar-refractivity contribution in [3.63, 3.8) is 0 Å². The molecule has 2 aliphatic rings. The largest absolute Gasteiger partial charge is 0.339 e. The van der Waals surface area contributed by atoms with Gasteiger partial charge in [-0.3, -0.25) is 9.59 Å². The fraction of sp³-hybridized carbons (Fsp3) is 0.529. The molecule has 1 atom stereocenters. The number of carbonyl (C=O) groups excluding carboxylic acids is 2. The fourth-order valence-corrected chi connectivity index (χ4v) is 3.77. The third-order valence-electron chi connectivity index (χ3n) is 4.69. The molecule has 2 amide bonds. The number of hydrogen-bond acceptors (Lipinski definition) is 3. The van der Waals surface area contributed by atoms with Gasteiger partial charge in [-0.05, 0) is 37.6 Å². The second-order valence-corrected chi connectivity index (χ2v) is 7.13. The molecule has 1 aromatic rings. The first-order valence-electron chi connectivity index (χ1n) is 8.30. The Bertz CT molecular complexity index is 624. The van der Waals surface area contributed by atoms with E-state index in [0.717, 1.165) is 25.9 Å². The molecule has 0 spiro atoms. The maximum atomic E-state index is 12.6. The molecule has 1 N–H and O–H groups in total. The number of piperazine rings is 1. The van der Waals surface area contributed by atoms with Crippen LogP contribution >= 0.6 is 23.2 Å². The second-order valence-electron chi connectivity index (χ2n) is 6.28.